The lowest BCUT2D eigenvalue weighted by molar-refractivity contribution is 0.0729. The molecule has 1 saturated heterocycles. The minimum atomic E-state index is 0.520. The number of rotatable bonds is 5. The molecule has 0 bridgehead atoms. The van der Waals surface area contributed by atoms with Gasteiger partial charge in [0, 0.05) is 38.6 Å². The third-order valence-corrected chi connectivity index (χ3v) is 5.55. The van der Waals surface area contributed by atoms with Gasteiger partial charge in [-0.3, -0.25) is 4.90 Å². The first-order valence-corrected chi connectivity index (χ1v) is 10.0. The summed E-state index contributed by atoms with van der Waals surface area (Å²) >= 11 is 0. The van der Waals surface area contributed by atoms with Gasteiger partial charge in [-0.15, -0.1) is 0 Å². The molecule has 3 rings (SSSR count). The molecule has 0 saturated carbocycles. The smallest absolute Gasteiger partial charge is 0.126 e. The maximum atomic E-state index is 4.81. The van der Waals surface area contributed by atoms with Gasteiger partial charge in [0.15, 0.2) is 0 Å². The van der Waals surface area contributed by atoms with Crippen LogP contribution in [0.3, 0.4) is 0 Å². The van der Waals surface area contributed by atoms with Crippen LogP contribution in [0, 0.1) is 17.8 Å². The normalized spacial score (nSPS) is 24.5. The van der Waals surface area contributed by atoms with Crippen LogP contribution >= 0.6 is 0 Å². The molecule has 0 spiro atoms. The monoisotopic (exact) mass is 332 g/mol. The van der Waals surface area contributed by atoms with Crippen molar-refractivity contribution >= 4 is 0 Å². The summed E-state index contributed by atoms with van der Waals surface area (Å²) < 4.78 is 2.42. The number of aromatic nitrogens is 2. The Labute approximate surface area is 148 Å². The first-order chi connectivity index (χ1) is 11.5. The van der Waals surface area contributed by atoms with Gasteiger partial charge in [0.1, 0.15) is 5.82 Å². The molecule has 2 aliphatic rings. The van der Waals surface area contributed by atoms with E-state index in [1.165, 1.54) is 57.8 Å². The highest BCUT2D eigenvalue weighted by Gasteiger charge is 2.35. The SMILES string of the molecule is CC(C)CN1CCC(C2c3nccn3CCCN2CC(C)C)CC1. The molecule has 136 valence electrons. The Morgan fingerprint density at radius 2 is 1.71 bits per heavy atom. The van der Waals surface area contributed by atoms with Crippen LogP contribution in [0.25, 0.3) is 0 Å². The van der Waals surface area contributed by atoms with Crippen molar-refractivity contribution in [2.75, 3.05) is 32.7 Å². The Morgan fingerprint density at radius 3 is 2.38 bits per heavy atom. The van der Waals surface area contributed by atoms with Crippen LogP contribution in [0.5, 0.6) is 0 Å². The third-order valence-electron chi connectivity index (χ3n) is 5.55. The summed E-state index contributed by atoms with van der Waals surface area (Å²) in [6.45, 7) is 16.7. The average molecular weight is 333 g/mol. The molecule has 1 aromatic heterocycles. The topological polar surface area (TPSA) is 24.3 Å². The lowest BCUT2D eigenvalue weighted by Gasteiger charge is -2.41. The number of hydrogen-bond acceptors (Lipinski definition) is 3. The minimum absolute atomic E-state index is 0.520. The van der Waals surface area contributed by atoms with Gasteiger partial charge >= 0.3 is 0 Å². The summed E-state index contributed by atoms with van der Waals surface area (Å²) in [6.07, 6.45) is 8.08. The van der Waals surface area contributed by atoms with Gasteiger partial charge in [-0.05, 0) is 50.1 Å². The van der Waals surface area contributed by atoms with E-state index in [2.05, 4.69) is 48.3 Å². The zero-order chi connectivity index (χ0) is 17.1. The number of piperidine rings is 1. The van der Waals surface area contributed by atoms with Crippen LogP contribution in [-0.4, -0.2) is 52.1 Å². The van der Waals surface area contributed by atoms with E-state index in [4.69, 9.17) is 4.98 Å². The lowest BCUT2D eigenvalue weighted by atomic mass is 9.87. The fourth-order valence-electron chi connectivity index (χ4n) is 4.67. The minimum Gasteiger partial charge on any atom is -0.334 e. The molecule has 0 aliphatic carbocycles. The highest BCUT2D eigenvalue weighted by Crippen LogP contribution is 2.37. The molecule has 1 atom stereocenters. The largest absolute Gasteiger partial charge is 0.334 e. The Kier molecular flexibility index (Phi) is 5.98. The van der Waals surface area contributed by atoms with Gasteiger partial charge in [0.25, 0.3) is 0 Å². The van der Waals surface area contributed by atoms with Gasteiger partial charge in [-0.25, -0.2) is 4.98 Å². The first-order valence-electron chi connectivity index (χ1n) is 10.0. The summed E-state index contributed by atoms with van der Waals surface area (Å²) in [6, 6.07) is 0.520. The number of imidazole rings is 1. The van der Waals surface area contributed by atoms with Crippen LogP contribution in [0.15, 0.2) is 12.4 Å². The summed E-state index contributed by atoms with van der Waals surface area (Å²) in [5, 5.41) is 0. The van der Waals surface area contributed by atoms with Gasteiger partial charge in [-0.1, -0.05) is 27.7 Å². The highest BCUT2D eigenvalue weighted by atomic mass is 15.2. The molecule has 1 unspecified atom stereocenters. The second-order valence-electron chi connectivity index (χ2n) is 8.70. The van der Waals surface area contributed by atoms with Crippen molar-refractivity contribution in [2.24, 2.45) is 17.8 Å². The van der Waals surface area contributed by atoms with Gasteiger partial charge < -0.3 is 9.47 Å². The summed E-state index contributed by atoms with van der Waals surface area (Å²) in [5.74, 6) is 3.58. The second-order valence-corrected chi connectivity index (χ2v) is 8.70. The number of hydrogen-bond donors (Lipinski definition) is 0. The Bertz CT molecular complexity index is 499. The zero-order valence-corrected chi connectivity index (χ0v) is 16.1. The maximum Gasteiger partial charge on any atom is 0.126 e. The predicted molar refractivity (Wildman–Crippen MR) is 100.0 cm³/mol. The van der Waals surface area contributed by atoms with E-state index >= 15 is 0 Å². The molecular formula is C20H36N4. The summed E-state index contributed by atoms with van der Waals surface area (Å²) in [7, 11) is 0. The quantitative estimate of drug-likeness (QED) is 0.822. The van der Waals surface area contributed by atoms with E-state index < -0.39 is 0 Å². The van der Waals surface area contributed by atoms with E-state index in [0.29, 0.717) is 6.04 Å². The van der Waals surface area contributed by atoms with Gasteiger partial charge in [0.05, 0.1) is 6.04 Å². The number of aryl methyl sites for hydroxylation is 1. The van der Waals surface area contributed by atoms with E-state index in [0.717, 1.165) is 24.3 Å². The molecule has 4 nitrogen and oxygen atoms in total. The molecule has 0 amide bonds. The van der Waals surface area contributed by atoms with Crippen molar-refractivity contribution in [3.8, 4) is 0 Å². The molecular weight excluding hydrogens is 296 g/mol. The lowest BCUT2D eigenvalue weighted by Crippen LogP contribution is -2.43. The Morgan fingerprint density at radius 1 is 1.00 bits per heavy atom. The Balaban J connectivity index is 1.75. The summed E-state index contributed by atoms with van der Waals surface area (Å²) in [5.41, 5.74) is 0. The fraction of sp³-hybridized carbons (Fsp3) is 0.850. The molecule has 24 heavy (non-hydrogen) atoms. The van der Waals surface area contributed by atoms with Gasteiger partial charge in [0.2, 0.25) is 0 Å². The maximum absolute atomic E-state index is 4.81. The Hall–Kier alpha value is -0.870. The van der Waals surface area contributed by atoms with Gasteiger partial charge in [-0.2, -0.15) is 0 Å². The first kappa shape index (κ1) is 17.9. The van der Waals surface area contributed by atoms with Crippen LogP contribution in [-0.2, 0) is 6.54 Å². The fourth-order valence-corrected chi connectivity index (χ4v) is 4.67. The average Bonchev–Trinajstić information content (AvgIpc) is 2.90. The van der Waals surface area contributed by atoms with Crippen molar-refractivity contribution in [2.45, 2.75) is 59.5 Å². The van der Waals surface area contributed by atoms with Crippen LogP contribution in [0.2, 0.25) is 0 Å². The predicted octanol–water partition coefficient (Wildman–Crippen LogP) is 3.65. The third kappa shape index (κ3) is 4.20. The molecule has 0 radical (unpaired) electrons. The van der Waals surface area contributed by atoms with Crippen molar-refractivity contribution in [1.82, 2.24) is 19.4 Å². The van der Waals surface area contributed by atoms with E-state index in [-0.39, 0.29) is 0 Å². The number of fused-ring (bicyclic) bond motifs is 1. The number of likely N-dealkylation sites (tertiary alicyclic amines) is 1. The zero-order valence-electron chi connectivity index (χ0n) is 16.1. The highest BCUT2D eigenvalue weighted by molar-refractivity contribution is 5.05. The van der Waals surface area contributed by atoms with E-state index in [9.17, 15) is 0 Å². The molecule has 3 heterocycles. The second kappa shape index (κ2) is 8.01. The molecule has 1 aromatic rings. The van der Waals surface area contributed by atoms with E-state index in [1.807, 2.05) is 6.20 Å². The molecule has 4 heteroatoms. The van der Waals surface area contributed by atoms with Crippen molar-refractivity contribution in [3.63, 3.8) is 0 Å². The molecule has 0 aromatic carbocycles. The molecule has 2 aliphatic heterocycles. The number of nitrogens with zero attached hydrogens (tertiary/aromatic N) is 4. The molecule has 0 N–H and O–H groups in total. The summed E-state index contributed by atoms with van der Waals surface area (Å²) in [4.78, 5) is 10.2. The van der Waals surface area contributed by atoms with E-state index in [1.54, 1.807) is 0 Å². The van der Waals surface area contributed by atoms with Crippen molar-refractivity contribution in [1.29, 1.82) is 0 Å². The van der Waals surface area contributed by atoms with Crippen LogP contribution in [0.1, 0.15) is 58.8 Å². The standard InChI is InChI=1S/C20H36N4/c1-16(2)14-22-11-6-18(7-12-22)19-20-21-8-13-23(20)9-5-10-24(19)15-17(3)4/h8,13,16-19H,5-7,9-12,14-15H2,1-4H3. The van der Waals surface area contributed by atoms with Crippen molar-refractivity contribution < 1.29 is 0 Å². The van der Waals surface area contributed by atoms with Crippen LogP contribution in [0.4, 0.5) is 0 Å². The van der Waals surface area contributed by atoms with Crippen LogP contribution < -0.4 is 0 Å². The molecule has 1 fully saturated rings. The van der Waals surface area contributed by atoms with Crippen molar-refractivity contribution in [3.05, 3.63) is 18.2 Å².